The summed E-state index contributed by atoms with van der Waals surface area (Å²) in [6.45, 7) is 3.77. The van der Waals surface area contributed by atoms with Gasteiger partial charge in [-0.3, -0.25) is 9.59 Å². The van der Waals surface area contributed by atoms with Gasteiger partial charge in [0.15, 0.2) is 0 Å². The largest absolute Gasteiger partial charge is 0.368 e. The lowest BCUT2D eigenvalue weighted by Gasteiger charge is -2.21. The van der Waals surface area contributed by atoms with Crippen LogP contribution < -0.4 is 5.73 Å². The van der Waals surface area contributed by atoms with Crippen molar-refractivity contribution in [2.75, 3.05) is 13.1 Å². The number of halogens is 1. The first-order chi connectivity index (χ1) is 8.97. The van der Waals surface area contributed by atoms with Crippen LogP contribution in [0.3, 0.4) is 0 Å². The van der Waals surface area contributed by atoms with Crippen LogP contribution in [0.4, 0.5) is 4.39 Å². The molecular weight excluding hydrogens is 247 g/mol. The van der Waals surface area contributed by atoms with Gasteiger partial charge in [0.05, 0.1) is 12.1 Å². The fourth-order valence-electron chi connectivity index (χ4n) is 1.77. The van der Waals surface area contributed by atoms with Gasteiger partial charge in [-0.2, -0.15) is 0 Å². The van der Waals surface area contributed by atoms with Crippen LogP contribution >= 0.6 is 0 Å². The van der Waals surface area contributed by atoms with Gasteiger partial charge in [0, 0.05) is 6.54 Å². The first-order valence-corrected chi connectivity index (χ1v) is 6.30. The van der Waals surface area contributed by atoms with Crippen molar-refractivity contribution in [2.24, 2.45) is 5.73 Å². The van der Waals surface area contributed by atoms with Crippen molar-refractivity contribution < 1.29 is 14.0 Å². The van der Waals surface area contributed by atoms with Crippen molar-refractivity contribution in [1.29, 1.82) is 0 Å². The highest BCUT2D eigenvalue weighted by Crippen LogP contribution is 2.14. The zero-order valence-electron chi connectivity index (χ0n) is 11.3. The molecule has 0 saturated carbocycles. The highest BCUT2D eigenvalue weighted by Gasteiger charge is 2.20. The molecule has 2 amide bonds. The molecule has 0 bridgehead atoms. The van der Waals surface area contributed by atoms with E-state index in [1.807, 2.05) is 6.92 Å². The lowest BCUT2D eigenvalue weighted by molar-refractivity contribution is -0.118. The minimum Gasteiger partial charge on any atom is -0.368 e. The SMILES string of the molecule is CCCCN(CC(N)=O)C(=O)c1cccc(C)c1F. The predicted octanol–water partition coefficient (Wildman–Crippen LogP) is 1.86. The van der Waals surface area contributed by atoms with Gasteiger partial charge in [-0.25, -0.2) is 4.39 Å². The molecule has 0 heterocycles. The third-order valence-electron chi connectivity index (χ3n) is 2.84. The fourth-order valence-corrected chi connectivity index (χ4v) is 1.77. The summed E-state index contributed by atoms with van der Waals surface area (Å²) in [5.41, 5.74) is 5.51. The Morgan fingerprint density at radius 1 is 1.37 bits per heavy atom. The summed E-state index contributed by atoms with van der Waals surface area (Å²) in [5.74, 6) is -1.63. The van der Waals surface area contributed by atoms with E-state index in [2.05, 4.69) is 0 Å². The molecule has 19 heavy (non-hydrogen) atoms. The number of amides is 2. The Morgan fingerprint density at radius 3 is 2.63 bits per heavy atom. The van der Waals surface area contributed by atoms with Crippen LogP contribution in [0.2, 0.25) is 0 Å². The predicted molar refractivity (Wildman–Crippen MR) is 71.1 cm³/mol. The number of rotatable bonds is 6. The molecule has 0 radical (unpaired) electrons. The Hall–Kier alpha value is -1.91. The van der Waals surface area contributed by atoms with Gasteiger partial charge >= 0.3 is 0 Å². The molecule has 0 atom stereocenters. The van der Waals surface area contributed by atoms with E-state index in [4.69, 9.17) is 5.73 Å². The second-order valence-electron chi connectivity index (χ2n) is 4.48. The molecule has 1 aromatic rings. The molecule has 1 aromatic carbocycles. The molecule has 0 aromatic heterocycles. The van der Waals surface area contributed by atoms with E-state index in [9.17, 15) is 14.0 Å². The van der Waals surface area contributed by atoms with Crippen molar-refractivity contribution in [3.63, 3.8) is 0 Å². The quantitative estimate of drug-likeness (QED) is 0.854. The zero-order chi connectivity index (χ0) is 14.4. The van der Waals surface area contributed by atoms with Gasteiger partial charge in [0.1, 0.15) is 5.82 Å². The molecule has 0 spiro atoms. The van der Waals surface area contributed by atoms with Gasteiger partial charge in [-0.05, 0) is 25.0 Å². The van der Waals surface area contributed by atoms with E-state index < -0.39 is 17.6 Å². The first kappa shape index (κ1) is 15.1. The molecule has 104 valence electrons. The highest BCUT2D eigenvalue weighted by molar-refractivity contribution is 5.96. The van der Waals surface area contributed by atoms with Crippen LogP contribution in [0, 0.1) is 12.7 Å². The summed E-state index contributed by atoms with van der Waals surface area (Å²) in [5, 5.41) is 0. The van der Waals surface area contributed by atoms with Crippen LogP contribution in [-0.2, 0) is 4.79 Å². The number of benzene rings is 1. The maximum Gasteiger partial charge on any atom is 0.257 e. The van der Waals surface area contributed by atoms with E-state index in [1.165, 1.54) is 11.0 Å². The molecular formula is C14H19FN2O2. The van der Waals surface area contributed by atoms with Crippen LogP contribution in [0.5, 0.6) is 0 Å². The Labute approximate surface area is 112 Å². The second-order valence-corrected chi connectivity index (χ2v) is 4.48. The summed E-state index contributed by atoms with van der Waals surface area (Å²) < 4.78 is 13.9. The van der Waals surface area contributed by atoms with Gasteiger partial charge < -0.3 is 10.6 Å². The number of nitrogens with two attached hydrogens (primary N) is 1. The standard InChI is InChI=1S/C14H19FN2O2/c1-3-4-8-17(9-12(16)18)14(19)11-7-5-6-10(2)13(11)15/h5-7H,3-4,8-9H2,1-2H3,(H2,16,18). The average Bonchev–Trinajstić information content (AvgIpc) is 2.36. The molecule has 0 saturated heterocycles. The molecule has 0 aliphatic rings. The van der Waals surface area contributed by atoms with Crippen LogP contribution in [-0.4, -0.2) is 29.8 Å². The lowest BCUT2D eigenvalue weighted by Crippen LogP contribution is -2.39. The molecule has 0 aliphatic carbocycles. The lowest BCUT2D eigenvalue weighted by atomic mass is 10.1. The Morgan fingerprint density at radius 2 is 2.05 bits per heavy atom. The molecule has 0 fully saturated rings. The second kappa shape index (κ2) is 6.87. The van der Waals surface area contributed by atoms with Gasteiger partial charge in [0.2, 0.25) is 5.91 Å². The molecule has 0 aliphatic heterocycles. The van der Waals surface area contributed by atoms with Crippen molar-refractivity contribution in [3.05, 3.63) is 35.1 Å². The summed E-state index contributed by atoms with van der Waals surface area (Å²) in [7, 11) is 0. The minimum absolute atomic E-state index is 0.0163. The van der Waals surface area contributed by atoms with Crippen molar-refractivity contribution in [1.82, 2.24) is 4.90 Å². The molecule has 1 rings (SSSR count). The number of nitrogens with zero attached hydrogens (tertiary/aromatic N) is 1. The normalized spacial score (nSPS) is 10.3. The number of hydrogen-bond donors (Lipinski definition) is 1. The number of primary amides is 1. The number of aryl methyl sites for hydroxylation is 1. The van der Waals surface area contributed by atoms with Gasteiger partial charge in [-0.1, -0.05) is 25.5 Å². The van der Waals surface area contributed by atoms with Crippen molar-refractivity contribution >= 4 is 11.8 Å². The van der Waals surface area contributed by atoms with E-state index in [0.717, 1.165) is 12.8 Å². The minimum atomic E-state index is -0.600. The van der Waals surface area contributed by atoms with E-state index >= 15 is 0 Å². The third kappa shape index (κ3) is 4.05. The number of carbonyl (C=O) groups excluding carboxylic acids is 2. The van der Waals surface area contributed by atoms with Gasteiger partial charge in [0.25, 0.3) is 5.91 Å². The van der Waals surface area contributed by atoms with Gasteiger partial charge in [-0.15, -0.1) is 0 Å². The molecule has 2 N–H and O–H groups in total. The monoisotopic (exact) mass is 266 g/mol. The van der Waals surface area contributed by atoms with Crippen LogP contribution in [0.1, 0.15) is 35.7 Å². The summed E-state index contributed by atoms with van der Waals surface area (Å²) in [6, 6.07) is 4.63. The summed E-state index contributed by atoms with van der Waals surface area (Å²) in [6.07, 6.45) is 1.62. The van der Waals surface area contributed by atoms with Crippen LogP contribution in [0.15, 0.2) is 18.2 Å². The van der Waals surface area contributed by atoms with E-state index in [1.54, 1.807) is 19.1 Å². The maximum atomic E-state index is 13.9. The average molecular weight is 266 g/mol. The zero-order valence-corrected chi connectivity index (χ0v) is 11.3. The Kier molecular flexibility index (Phi) is 5.48. The maximum absolute atomic E-state index is 13.9. The summed E-state index contributed by atoms with van der Waals surface area (Å²) in [4.78, 5) is 24.5. The smallest absolute Gasteiger partial charge is 0.257 e. The Balaban J connectivity index is 2.97. The van der Waals surface area contributed by atoms with Crippen LogP contribution in [0.25, 0.3) is 0 Å². The van der Waals surface area contributed by atoms with E-state index in [0.29, 0.717) is 12.1 Å². The number of unbranched alkanes of at least 4 members (excludes halogenated alkanes) is 1. The fraction of sp³-hybridized carbons (Fsp3) is 0.429. The Bertz CT molecular complexity index is 475. The van der Waals surface area contributed by atoms with E-state index in [-0.39, 0.29) is 12.1 Å². The summed E-state index contributed by atoms with van der Waals surface area (Å²) >= 11 is 0. The molecule has 0 unspecified atom stereocenters. The highest BCUT2D eigenvalue weighted by atomic mass is 19.1. The number of hydrogen-bond acceptors (Lipinski definition) is 2. The third-order valence-corrected chi connectivity index (χ3v) is 2.84. The molecule has 5 heteroatoms. The first-order valence-electron chi connectivity index (χ1n) is 6.30. The molecule has 4 nitrogen and oxygen atoms in total. The number of carbonyl (C=O) groups is 2. The van der Waals surface area contributed by atoms with Crippen molar-refractivity contribution in [3.8, 4) is 0 Å². The van der Waals surface area contributed by atoms with Crippen molar-refractivity contribution in [2.45, 2.75) is 26.7 Å². The topological polar surface area (TPSA) is 63.4 Å².